The molecule has 0 bridgehead atoms. The lowest BCUT2D eigenvalue weighted by molar-refractivity contribution is -0.219. The van der Waals surface area contributed by atoms with Crippen molar-refractivity contribution in [1.29, 1.82) is 0 Å². The third-order valence-corrected chi connectivity index (χ3v) is 4.16. The lowest BCUT2D eigenvalue weighted by Gasteiger charge is -2.15. The van der Waals surface area contributed by atoms with Crippen molar-refractivity contribution in [3.63, 3.8) is 0 Å². The van der Waals surface area contributed by atoms with Crippen molar-refractivity contribution in [1.82, 2.24) is 0 Å². The minimum Gasteiger partial charge on any atom is -0.450 e. The van der Waals surface area contributed by atoms with Gasteiger partial charge in [0.25, 0.3) is 0 Å². The molecule has 8 heteroatoms. The summed E-state index contributed by atoms with van der Waals surface area (Å²) in [4.78, 5) is 9.86. The molecule has 0 unspecified atom stereocenters. The van der Waals surface area contributed by atoms with Gasteiger partial charge in [-0.15, -0.1) is 0 Å². The summed E-state index contributed by atoms with van der Waals surface area (Å²) >= 11 is 0. The molecule has 1 fully saturated rings. The molecule has 0 atom stereocenters. The minimum atomic E-state index is -4.59. The van der Waals surface area contributed by atoms with Crippen molar-refractivity contribution in [2.45, 2.75) is 40.2 Å². The summed E-state index contributed by atoms with van der Waals surface area (Å²) in [7, 11) is 0. The SMILES string of the molecule is CC1(C)CC1(C)C.O=C(O)OC(F)(F)c1ccc(F)c(F)c1F. The van der Waals surface area contributed by atoms with Gasteiger partial charge in [-0.2, -0.15) is 8.78 Å². The van der Waals surface area contributed by atoms with Crippen LogP contribution in [0.3, 0.4) is 0 Å². The number of benzene rings is 1. The number of carboxylic acid groups (broad SMARTS) is 1. The van der Waals surface area contributed by atoms with E-state index in [0.29, 0.717) is 10.8 Å². The molecule has 130 valence electrons. The van der Waals surface area contributed by atoms with E-state index in [2.05, 4.69) is 32.4 Å². The fourth-order valence-corrected chi connectivity index (χ4v) is 1.98. The van der Waals surface area contributed by atoms with Gasteiger partial charge in [0.2, 0.25) is 0 Å². The van der Waals surface area contributed by atoms with Gasteiger partial charge >= 0.3 is 12.3 Å². The molecule has 0 saturated heterocycles. The Morgan fingerprint density at radius 1 is 1.09 bits per heavy atom. The largest absolute Gasteiger partial charge is 0.510 e. The van der Waals surface area contributed by atoms with E-state index < -0.39 is 35.3 Å². The number of rotatable bonds is 2. The van der Waals surface area contributed by atoms with E-state index in [1.54, 1.807) is 0 Å². The van der Waals surface area contributed by atoms with Crippen molar-refractivity contribution < 1.29 is 36.6 Å². The van der Waals surface area contributed by atoms with Crippen LogP contribution < -0.4 is 0 Å². The van der Waals surface area contributed by atoms with Gasteiger partial charge in [0.1, 0.15) is 5.56 Å². The number of hydrogen-bond acceptors (Lipinski definition) is 2. The van der Waals surface area contributed by atoms with Gasteiger partial charge in [-0.1, -0.05) is 27.7 Å². The fourth-order valence-electron chi connectivity index (χ4n) is 1.98. The summed E-state index contributed by atoms with van der Waals surface area (Å²) < 4.78 is 66.6. The van der Waals surface area contributed by atoms with Gasteiger partial charge < -0.3 is 9.84 Å². The van der Waals surface area contributed by atoms with Crippen LogP contribution >= 0.6 is 0 Å². The Hall–Kier alpha value is -1.86. The molecule has 1 N–H and O–H groups in total. The van der Waals surface area contributed by atoms with E-state index in [4.69, 9.17) is 5.11 Å². The van der Waals surface area contributed by atoms with E-state index in [1.807, 2.05) is 0 Å². The van der Waals surface area contributed by atoms with Crippen LogP contribution in [0.2, 0.25) is 0 Å². The van der Waals surface area contributed by atoms with Gasteiger partial charge in [-0.25, -0.2) is 18.0 Å². The lowest BCUT2D eigenvalue weighted by Crippen LogP contribution is -2.23. The van der Waals surface area contributed by atoms with Crippen LogP contribution in [0, 0.1) is 28.3 Å². The maximum atomic E-state index is 12.8. The summed E-state index contributed by atoms with van der Waals surface area (Å²) in [6, 6.07) is 0.420. The van der Waals surface area contributed by atoms with Gasteiger partial charge in [0, 0.05) is 0 Å². The maximum Gasteiger partial charge on any atom is 0.510 e. The summed E-state index contributed by atoms with van der Waals surface area (Å²) in [5.41, 5.74) is -0.409. The highest BCUT2D eigenvalue weighted by atomic mass is 19.3. The van der Waals surface area contributed by atoms with Crippen LogP contribution in [-0.4, -0.2) is 11.3 Å². The van der Waals surface area contributed by atoms with E-state index in [-0.39, 0.29) is 12.1 Å². The molecule has 23 heavy (non-hydrogen) atoms. The van der Waals surface area contributed by atoms with Crippen molar-refractivity contribution >= 4 is 6.16 Å². The Morgan fingerprint density at radius 2 is 1.52 bits per heavy atom. The number of hydrogen-bond donors (Lipinski definition) is 1. The van der Waals surface area contributed by atoms with Gasteiger partial charge in [0.05, 0.1) is 0 Å². The predicted octanol–water partition coefficient (Wildman–Crippen LogP) is 5.29. The third-order valence-electron chi connectivity index (χ3n) is 4.16. The maximum absolute atomic E-state index is 12.8. The standard InChI is InChI=1S/C8H3F5O3.C7H14/c9-4-2-1-3(5(10)6(4)11)8(12,13)16-7(14)15;1-6(2)5-7(6,3)4/h1-2H,(H,14,15);5H2,1-4H3. The van der Waals surface area contributed by atoms with Crippen molar-refractivity contribution in [3.05, 3.63) is 35.1 Å². The second kappa shape index (κ2) is 5.98. The highest BCUT2D eigenvalue weighted by Gasteiger charge is 2.53. The molecule has 0 aromatic heterocycles. The Bertz CT molecular complexity index is 599. The van der Waals surface area contributed by atoms with Crippen molar-refractivity contribution in [3.8, 4) is 0 Å². The predicted molar refractivity (Wildman–Crippen MR) is 71.5 cm³/mol. The zero-order chi connectivity index (χ0) is 18.2. The molecule has 0 heterocycles. The zero-order valence-electron chi connectivity index (χ0n) is 13.0. The fraction of sp³-hybridized carbons (Fsp3) is 0.533. The van der Waals surface area contributed by atoms with Gasteiger partial charge in [-0.3, -0.25) is 0 Å². The van der Waals surface area contributed by atoms with Gasteiger partial charge in [0.15, 0.2) is 17.5 Å². The Labute approximate surface area is 130 Å². The first-order valence-corrected chi connectivity index (χ1v) is 6.65. The van der Waals surface area contributed by atoms with E-state index >= 15 is 0 Å². The van der Waals surface area contributed by atoms with Crippen LogP contribution in [0.1, 0.15) is 39.7 Å². The highest BCUT2D eigenvalue weighted by molar-refractivity contribution is 5.57. The number of alkyl halides is 2. The summed E-state index contributed by atoms with van der Waals surface area (Å²) in [6.45, 7) is 9.31. The van der Waals surface area contributed by atoms with Crippen LogP contribution in [0.5, 0.6) is 0 Å². The molecule has 0 amide bonds. The quantitative estimate of drug-likeness (QED) is 0.452. The monoisotopic (exact) mass is 340 g/mol. The van der Waals surface area contributed by atoms with Crippen LogP contribution in [0.15, 0.2) is 12.1 Å². The van der Waals surface area contributed by atoms with Crippen LogP contribution in [0.4, 0.5) is 26.7 Å². The normalized spacial score (nSPS) is 17.8. The minimum absolute atomic E-state index is 0.191. The zero-order valence-corrected chi connectivity index (χ0v) is 13.0. The molecule has 1 saturated carbocycles. The van der Waals surface area contributed by atoms with Crippen LogP contribution in [0.25, 0.3) is 0 Å². The van der Waals surface area contributed by atoms with E-state index in [9.17, 15) is 26.7 Å². The molecule has 2 rings (SSSR count). The second-order valence-electron chi connectivity index (χ2n) is 6.55. The highest BCUT2D eigenvalue weighted by Crippen LogP contribution is 2.62. The summed E-state index contributed by atoms with van der Waals surface area (Å²) in [6.07, 6.45) is -5.57. The van der Waals surface area contributed by atoms with E-state index in [1.165, 1.54) is 6.42 Å². The number of ether oxygens (including phenoxy) is 1. The Balaban J connectivity index is 0.000000313. The molecule has 1 aliphatic rings. The molecule has 0 radical (unpaired) electrons. The molecule has 0 spiro atoms. The van der Waals surface area contributed by atoms with Gasteiger partial charge in [-0.05, 0) is 29.4 Å². The average Bonchev–Trinajstić information content (AvgIpc) is 2.80. The first-order valence-electron chi connectivity index (χ1n) is 6.65. The summed E-state index contributed by atoms with van der Waals surface area (Å²) in [5.74, 6) is -6.01. The molecule has 0 aliphatic heterocycles. The molecule has 1 aromatic carbocycles. The van der Waals surface area contributed by atoms with Crippen molar-refractivity contribution in [2.24, 2.45) is 10.8 Å². The average molecular weight is 340 g/mol. The smallest absolute Gasteiger partial charge is 0.450 e. The molecule has 3 nitrogen and oxygen atoms in total. The number of halogens is 5. The molecule has 1 aliphatic carbocycles. The second-order valence-corrected chi connectivity index (χ2v) is 6.55. The Morgan fingerprint density at radius 3 is 1.87 bits per heavy atom. The number of carbonyl (C=O) groups is 1. The molecular weight excluding hydrogens is 323 g/mol. The Kier molecular flexibility index (Phi) is 4.98. The lowest BCUT2D eigenvalue weighted by atomic mass is 10.0. The third kappa shape index (κ3) is 4.33. The van der Waals surface area contributed by atoms with Crippen molar-refractivity contribution in [2.75, 3.05) is 0 Å². The van der Waals surface area contributed by atoms with E-state index in [0.717, 1.165) is 0 Å². The first kappa shape index (κ1) is 19.2. The first-order chi connectivity index (χ1) is 10.2. The topological polar surface area (TPSA) is 46.5 Å². The molecule has 1 aromatic rings. The van der Waals surface area contributed by atoms with Crippen LogP contribution in [-0.2, 0) is 10.8 Å². The summed E-state index contributed by atoms with van der Waals surface area (Å²) in [5, 5.41) is 7.93. The molecular formula is C15H17F5O3.